The number of hydrogen-bond acceptors (Lipinski definition) is 7. The van der Waals surface area contributed by atoms with Gasteiger partial charge in [0, 0.05) is 12.2 Å². The summed E-state index contributed by atoms with van der Waals surface area (Å²) in [5, 5.41) is 4.28. The summed E-state index contributed by atoms with van der Waals surface area (Å²) < 4.78 is 36.7. The van der Waals surface area contributed by atoms with E-state index < -0.39 is 28.0 Å². The Morgan fingerprint density at radius 2 is 1.89 bits per heavy atom. The third-order valence-corrected chi connectivity index (χ3v) is 6.35. The average molecular weight is 427 g/mol. The second kappa shape index (κ2) is 10.2. The van der Waals surface area contributed by atoms with Crippen LogP contribution in [0.25, 0.3) is 0 Å². The largest absolute Gasteiger partial charge is 0.494 e. The van der Waals surface area contributed by atoms with E-state index in [0.717, 1.165) is 11.3 Å². The molecule has 0 aliphatic carbocycles. The standard InChI is InChI=1S/C18H22N2O6S2/c1-3-25-15-8-6-14(7-9-15)20-18(22)13(2)26-16(21)10-11-19-28(23,24)17-5-4-12-27-17/h4-9,12-13,19H,3,10-11H2,1-2H3,(H,20,22). The SMILES string of the molecule is CCOc1ccc(NC(=O)C(C)OC(=O)CCNS(=O)(=O)c2cccs2)cc1. The van der Waals surface area contributed by atoms with Crippen molar-refractivity contribution in [2.24, 2.45) is 0 Å². The molecule has 1 aromatic carbocycles. The van der Waals surface area contributed by atoms with Crippen LogP contribution in [0.1, 0.15) is 20.3 Å². The molecule has 1 atom stereocenters. The van der Waals surface area contributed by atoms with E-state index in [4.69, 9.17) is 9.47 Å². The Kier molecular flexibility index (Phi) is 7.97. The van der Waals surface area contributed by atoms with E-state index in [1.54, 1.807) is 35.7 Å². The lowest BCUT2D eigenvalue weighted by atomic mass is 10.3. The van der Waals surface area contributed by atoms with Gasteiger partial charge in [-0.05, 0) is 49.6 Å². The highest BCUT2D eigenvalue weighted by molar-refractivity contribution is 7.91. The van der Waals surface area contributed by atoms with Crippen LogP contribution in [-0.4, -0.2) is 39.5 Å². The predicted octanol–water partition coefficient (Wildman–Crippen LogP) is 2.39. The summed E-state index contributed by atoms with van der Waals surface area (Å²) in [4.78, 5) is 24.0. The van der Waals surface area contributed by atoms with Gasteiger partial charge in [-0.25, -0.2) is 13.1 Å². The van der Waals surface area contributed by atoms with Crippen molar-refractivity contribution in [3.8, 4) is 5.75 Å². The number of carbonyl (C=O) groups excluding carboxylic acids is 2. The molecule has 0 saturated carbocycles. The zero-order chi connectivity index (χ0) is 20.6. The van der Waals surface area contributed by atoms with E-state index in [1.807, 2.05) is 6.92 Å². The minimum atomic E-state index is -3.63. The summed E-state index contributed by atoms with van der Waals surface area (Å²) in [5.74, 6) is -0.482. The number of hydrogen-bond donors (Lipinski definition) is 2. The van der Waals surface area contributed by atoms with Crippen LogP contribution in [0.15, 0.2) is 46.0 Å². The van der Waals surface area contributed by atoms with Gasteiger partial charge in [-0.3, -0.25) is 9.59 Å². The van der Waals surface area contributed by atoms with Crippen molar-refractivity contribution in [3.05, 3.63) is 41.8 Å². The van der Waals surface area contributed by atoms with Crippen molar-refractivity contribution < 1.29 is 27.5 Å². The first-order chi connectivity index (χ1) is 13.3. The molecule has 0 saturated heterocycles. The Morgan fingerprint density at radius 1 is 1.18 bits per heavy atom. The Hall–Kier alpha value is -2.43. The van der Waals surface area contributed by atoms with Crippen LogP contribution < -0.4 is 14.8 Å². The third-order valence-electron chi connectivity index (χ3n) is 3.49. The highest BCUT2D eigenvalue weighted by atomic mass is 32.2. The summed E-state index contributed by atoms with van der Waals surface area (Å²) >= 11 is 1.08. The molecule has 1 heterocycles. The molecule has 10 heteroatoms. The Morgan fingerprint density at radius 3 is 2.50 bits per heavy atom. The number of amides is 1. The van der Waals surface area contributed by atoms with Crippen molar-refractivity contribution in [2.45, 2.75) is 30.6 Å². The van der Waals surface area contributed by atoms with E-state index in [0.29, 0.717) is 18.0 Å². The maximum atomic E-state index is 12.1. The minimum Gasteiger partial charge on any atom is -0.494 e. The molecular formula is C18H22N2O6S2. The van der Waals surface area contributed by atoms with Crippen LogP contribution in [0.5, 0.6) is 5.75 Å². The number of thiophene rings is 1. The molecule has 0 aliphatic rings. The van der Waals surface area contributed by atoms with Crippen molar-refractivity contribution in [1.82, 2.24) is 4.72 Å². The first kappa shape index (κ1) is 21.9. The first-order valence-electron chi connectivity index (χ1n) is 8.58. The van der Waals surface area contributed by atoms with Gasteiger partial charge < -0.3 is 14.8 Å². The zero-order valence-electron chi connectivity index (χ0n) is 15.5. The second-order valence-electron chi connectivity index (χ2n) is 5.66. The zero-order valence-corrected chi connectivity index (χ0v) is 17.1. The molecule has 0 spiro atoms. The lowest BCUT2D eigenvalue weighted by Gasteiger charge is -2.14. The molecule has 0 fully saturated rings. The Balaban J connectivity index is 1.75. The van der Waals surface area contributed by atoms with Gasteiger partial charge in [0.25, 0.3) is 5.91 Å². The van der Waals surface area contributed by atoms with Crippen LogP contribution in [0.4, 0.5) is 5.69 Å². The summed E-state index contributed by atoms with van der Waals surface area (Å²) in [6, 6.07) is 9.88. The van der Waals surface area contributed by atoms with Crippen LogP contribution in [-0.2, 0) is 24.3 Å². The van der Waals surface area contributed by atoms with Crippen LogP contribution in [0, 0.1) is 0 Å². The number of rotatable bonds is 10. The van der Waals surface area contributed by atoms with Crippen molar-refractivity contribution >= 4 is 38.9 Å². The second-order valence-corrected chi connectivity index (χ2v) is 8.60. The Bertz CT molecular complexity index is 879. The molecule has 2 aromatic rings. The Labute approximate surface area is 167 Å². The topological polar surface area (TPSA) is 111 Å². The molecule has 1 amide bonds. The van der Waals surface area contributed by atoms with Gasteiger partial charge in [0.15, 0.2) is 6.10 Å². The highest BCUT2D eigenvalue weighted by Gasteiger charge is 2.19. The molecule has 152 valence electrons. The maximum Gasteiger partial charge on any atom is 0.307 e. The fourth-order valence-electron chi connectivity index (χ4n) is 2.13. The van der Waals surface area contributed by atoms with Crippen LogP contribution >= 0.6 is 11.3 Å². The van der Waals surface area contributed by atoms with Crippen molar-refractivity contribution in [3.63, 3.8) is 0 Å². The van der Waals surface area contributed by atoms with Crippen LogP contribution in [0.2, 0.25) is 0 Å². The number of sulfonamides is 1. The molecule has 1 unspecified atom stereocenters. The van der Waals surface area contributed by atoms with Crippen LogP contribution in [0.3, 0.4) is 0 Å². The molecular weight excluding hydrogens is 404 g/mol. The molecule has 0 bridgehead atoms. The predicted molar refractivity (Wildman–Crippen MR) is 106 cm³/mol. The maximum absolute atomic E-state index is 12.1. The van der Waals surface area contributed by atoms with E-state index in [1.165, 1.54) is 13.0 Å². The quantitative estimate of drug-likeness (QED) is 0.565. The van der Waals surface area contributed by atoms with Gasteiger partial charge in [-0.1, -0.05) is 6.07 Å². The normalized spacial score (nSPS) is 12.2. The van der Waals surface area contributed by atoms with Gasteiger partial charge in [0.05, 0.1) is 13.0 Å². The molecule has 2 N–H and O–H groups in total. The highest BCUT2D eigenvalue weighted by Crippen LogP contribution is 2.16. The van der Waals surface area contributed by atoms with E-state index in [-0.39, 0.29) is 17.2 Å². The van der Waals surface area contributed by atoms with Gasteiger partial charge in [-0.15, -0.1) is 11.3 Å². The van der Waals surface area contributed by atoms with Gasteiger partial charge >= 0.3 is 5.97 Å². The van der Waals surface area contributed by atoms with E-state index in [9.17, 15) is 18.0 Å². The molecule has 2 rings (SSSR count). The van der Waals surface area contributed by atoms with Gasteiger partial charge in [0.2, 0.25) is 10.0 Å². The number of carbonyl (C=O) groups is 2. The summed E-state index contributed by atoms with van der Waals surface area (Å²) in [7, 11) is -3.63. The van der Waals surface area contributed by atoms with Gasteiger partial charge in [-0.2, -0.15) is 0 Å². The first-order valence-corrected chi connectivity index (χ1v) is 10.9. The van der Waals surface area contributed by atoms with Crippen molar-refractivity contribution in [1.29, 1.82) is 0 Å². The summed E-state index contributed by atoms with van der Waals surface area (Å²) in [5.41, 5.74) is 0.542. The smallest absolute Gasteiger partial charge is 0.307 e. The summed E-state index contributed by atoms with van der Waals surface area (Å²) in [6.07, 6.45) is -1.21. The fourth-order valence-corrected chi connectivity index (χ4v) is 4.20. The third kappa shape index (κ3) is 6.63. The van der Waals surface area contributed by atoms with Crippen molar-refractivity contribution in [2.75, 3.05) is 18.5 Å². The number of anilines is 1. The fraction of sp³-hybridized carbons (Fsp3) is 0.333. The summed E-state index contributed by atoms with van der Waals surface area (Å²) in [6.45, 7) is 3.74. The monoisotopic (exact) mass is 426 g/mol. The molecule has 1 aromatic heterocycles. The van der Waals surface area contributed by atoms with E-state index >= 15 is 0 Å². The number of esters is 1. The van der Waals surface area contributed by atoms with Gasteiger partial charge in [0.1, 0.15) is 9.96 Å². The molecule has 0 radical (unpaired) electrons. The molecule has 8 nitrogen and oxygen atoms in total. The minimum absolute atomic E-state index is 0.119. The average Bonchev–Trinajstić information content (AvgIpc) is 3.19. The molecule has 0 aliphatic heterocycles. The number of nitrogens with one attached hydrogen (secondary N) is 2. The van der Waals surface area contributed by atoms with E-state index in [2.05, 4.69) is 10.0 Å². The molecule has 28 heavy (non-hydrogen) atoms. The lowest BCUT2D eigenvalue weighted by molar-refractivity contribution is -0.152. The number of ether oxygens (including phenoxy) is 2. The number of benzene rings is 1. The lowest BCUT2D eigenvalue weighted by Crippen LogP contribution is -2.31.